The molecule has 9 rings (SSSR count). The number of hydrogen-bond acceptors (Lipinski definition) is 4. The van der Waals surface area contributed by atoms with Crippen LogP contribution in [0.25, 0.3) is 84.0 Å². The molecular formula is C56H41N5. The highest BCUT2D eigenvalue weighted by molar-refractivity contribution is 6.02. The zero-order valence-corrected chi connectivity index (χ0v) is 33.7. The molecule has 0 saturated heterocycles. The molecule has 0 amide bonds. The van der Waals surface area contributed by atoms with Crippen molar-refractivity contribution in [1.82, 2.24) is 15.0 Å². The second-order valence-corrected chi connectivity index (χ2v) is 14.7. The van der Waals surface area contributed by atoms with Gasteiger partial charge in [0.15, 0.2) is 11.7 Å². The van der Waals surface area contributed by atoms with Gasteiger partial charge in [-0.15, -0.1) is 0 Å². The summed E-state index contributed by atoms with van der Waals surface area (Å²) in [7, 11) is 0. The van der Waals surface area contributed by atoms with Crippen molar-refractivity contribution in [2.45, 2.75) is 6.92 Å². The van der Waals surface area contributed by atoms with Crippen LogP contribution in [0.1, 0.15) is 18.1 Å². The van der Waals surface area contributed by atoms with E-state index in [0.29, 0.717) is 11.7 Å². The standard InChI is InChI=1S/C56H41N5/c1-39(36-58-55(57-2)41-20-8-4-9-21-41)43-24-16-26-45(32-43)50-29-14-15-31-52(50)54-35-47(34-53(61-54)40-18-6-3-7-19-40)51-30-13-12-28-49(51)46-27-17-25-44(33-46)48-37-59-56(60-38-48)42-22-10-5-11-23-42/h3-38H,2H2,1H3/b39-36+,58-55-. The lowest BCUT2D eigenvalue weighted by molar-refractivity contribution is 1.18. The van der Waals surface area contributed by atoms with Crippen LogP contribution in [0.15, 0.2) is 229 Å². The van der Waals surface area contributed by atoms with Crippen LogP contribution in [0, 0.1) is 0 Å². The predicted molar refractivity (Wildman–Crippen MR) is 254 cm³/mol. The number of pyridine rings is 1. The number of benzene rings is 7. The Hall–Kier alpha value is -8.15. The quantitative estimate of drug-likeness (QED) is 0.102. The molecule has 0 atom stereocenters. The van der Waals surface area contributed by atoms with Gasteiger partial charge in [-0.3, -0.25) is 0 Å². The third-order valence-electron chi connectivity index (χ3n) is 10.7. The fourth-order valence-corrected chi connectivity index (χ4v) is 7.56. The number of aromatic nitrogens is 3. The smallest absolute Gasteiger partial charge is 0.159 e. The molecule has 0 N–H and O–H groups in total. The van der Waals surface area contributed by atoms with Crippen LogP contribution in [0.4, 0.5) is 0 Å². The molecule has 9 aromatic rings. The largest absolute Gasteiger partial charge is 0.248 e. The van der Waals surface area contributed by atoms with Crippen LogP contribution in [-0.2, 0) is 0 Å². The molecule has 0 aliphatic carbocycles. The van der Waals surface area contributed by atoms with E-state index in [1.54, 1.807) is 0 Å². The lowest BCUT2D eigenvalue weighted by atomic mass is 9.90. The first-order valence-corrected chi connectivity index (χ1v) is 20.2. The first-order valence-electron chi connectivity index (χ1n) is 20.2. The van der Waals surface area contributed by atoms with Crippen LogP contribution in [-0.4, -0.2) is 27.5 Å². The topological polar surface area (TPSA) is 63.4 Å². The van der Waals surface area contributed by atoms with Crippen molar-refractivity contribution in [2.75, 3.05) is 0 Å². The zero-order chi connectivity index (χ0) is 41.4. The van der Waals surface area contributed by atoms with E-state index in [2.05, 4.69) is 152 Å². The molecule has 0 spiro atoms. The van der Waals surface area contributed by atoms with E-state index in [4.69, 9.17) is 19.9 Å². The van der Waals surface area contributed by atoms with Gasteiger partial charge in [-0.1, -0.05) is 176 Å². The number of rotatable bonds is 10. The van der Waals surface area contributed by atoms with E-state index in [9.17, 15) is 0 Å². The first kappa shape index (κ1) is 38.4. The summed E-state index contributed by atoms with van der Waals surface area (Å²) in [6.45, 7) is 5.83. The molecular weight excluding hydrogens is 743 g/mol. The van der Waals surface area contributed by atoms with Gasteiger partial charge in [0, 0.05) is 46.4 Å². The van der Waals surface area contributed by atoms with E-state index in [1.165, 1.54) is 0 Å². The summed E-state index contributed by atoms with van der Waals surface area (Å²) in [6.07, 6.45) is 5.67. The molecule has 5 nitrogen and oxygen atoms in total. The van der Waals surface area contributed by atoms with Gasteiger partial charge in [0.1, 0.15) is 0 Å². The van der Waals surface area contributed by atoms with Gasteiger partial charge < -0.3 is 0 Å². The molecule has 0 aliphatic heterocycles. The Bertz CT molecular complexity index is 3030. The molecule has 0 bridgehead atoms. The molecule has 0 saturated carbocycles. The van der Waals surface area contributed by atoms with E-state index in [0.717, 1.165) is 89.3 Å². The van der Waals surface area contributed by atoms with Crippen LogP contribution in [0.2, 0.25) is 0 Å². The normalized spacial score (nSPS) is 11.6. The van der Waals surface area contributed by atoms with Crippen LogP contribution < -0.4 is 0 Å². The lowest BCUT2D eigenvalue weighted by Gasteiger charge is -2.16. The maximum absolute atomic E-state index is 5.36. The maximum atomic E-state index is 5.36. The second kappa shape index (κ2) is 17.8. The summed E-state index contributed by atoms with van der Waals surface area (Å²) in [5.74, 6) is 1.29. The molecule has 2 aromatic heterocycles. The summed E-state index contributed by atoms with van der Waals surface area (Å²) < 4.78 is 0. The summed E-state index contributed by atoms with van der Waals surface area (Å²) in [6, 6.07) is 69.1. The van der Waals surface area contributed by atoms with Crippen molar-refractivity contribution in [2.24, 2.45) is 9.98 Å². The molecule has 5 heteroatoms. The number of allylic oxidation sites excluding steroid dienone is 1. The van der Waals surface area contributed by atoms with Crippen molar-refractivity contribution < 1.29 is 0 Å². The van der Waals surface area contributed by atoms with Gasteiger partial charge in [-0.05, 0) is 88.0 Å². The van der Waals surface area contributed by atoms with Gasteiger partial charge in [0.25, 0.3) is 0 Å². The monoisotopic (exact) mass is 783 g/mol. The average Bonchev–Trinajstić information content (AvgIpc) is 3.35. The van der Waals surface area contributed by atoms with Gasteiger partial charge in [-0.2, -0.15) is 0 Å². The summed E-state index contributed by atoms with van der Waals surface area (Å²) in [4.78, 5) is 23.7. The second-order valence-electron chi connectivity index (χ2n) is 14.7. The molecule has 290 valence electrons. The van der Waals surface area contributed by atoms with E-state index in [1.807, 2.05) is 85.3 Å². The van der Waals surface area contributed by atoms with Crippen molar-refractivity contribution in [1.29, 1.82) is 0 Å². The fourth-order valence-electron chi connectivity index (χ4n) is 7.56. The van der Waals surface area contributed by atoms with E-state index in [-0.39, 0.29) is 0 Å². The Morgan fingerprint density at radius 2 is 0.918 bits per heavy atom. The zero-order valence-electron chi connectivity index (χ0n) is 33.7. The minimum absolute atomic E-state index is 0.583. The minimum Gasteiger partial charge on any atom is -0.248 e. The van der Waals surface area contributed by atoms with Crippen LogP contribution in [0.5, 0.6) is 0 Å². The van der Waals surface area contributed by atoms with Crippen molar-refractivity contribution in [3.05, 3.63) is 230 Å². The Labute approximate surface area is 356 Å². The summed E-state index contributed by atoms with van der Waals surface area (Å²) in [5, 5.41) is 0. The van der Waals surface area contributed by atoms with Gasteiger partial charge in [0.2, 0.25) is 0 Å². The SMILES string of the molecule is C=N/C(=N\C=C(/C)c1cccc(-c2ccccc2-c2cc(-c3ccccc3-c3cccc(-c4cnc(-c5ccccc5)nc4)c3)cc(-c3ccccc3)n2)c1)c1ccccc1. The molecule has 0 fully saturated rings. The Kier molecular flexibility index (Phi) is 11.2. The van der Waals surface area contributed by atoms with Crippen molar-refractivity contribution in [3.63, 3.8) is 0 Å². The van der Waals surface area contributed by atoms with Gasteiger partial charge in [-0.25, -0.2) is 24.9 Å². The van der Waals surface area contributed by atoms with E-state index < -0.39 is 0 Å². The average molecular weight is 784 g/mol. The molecule has 2 heterocycles. The lowest BCUT2D eigenvalue weighted by Crippen LogP contribution is -1.95. The maximum Gasteiger partial charge on any atom is 0.159 e. The van der Waals surface area contributed by atoms with Crippen LogP contribution in [0.3, 0.4) is 0 Å². The van der Waals surface area contributed by atoms with Gasteiger partial charge >= 0.3 is 0 Å². The number of amidine groups is 1. The Morgan fingerprint density at radius 3 is 1.59 bits per heavy atom. The number of nitrogens with zero attached hydrogens (tertiary/aromatic N) is 5. The molecule has 0 aliphatic rings. The third-order valence-corrected chi connectivity index (χ3v) is 10.7. The number of hydrogen-bond donors (Lipinski definition) is 0. The highest BCUT2D eigenvalue weighted by Gasteiger charge is 2.16. The third kappa shape index (κ3) is 8.54. The summed E-state index contributed by atoms with van der Waals surface area (Å²) >= 11 is 0. The summed E-state index contributed by atoms with van der Waals surface area (Å²) in [5.41, 5.74) is 16.5. The molecule has 7 aromatic carbocycles. The molecule has 0 unspecified atom stereocenters. The highest BCUT2D eigenvalue weighted by Crippen LogP contribution is 2.39. The Morgan fingerprint density at radius 1 is 0.426 bits per heavy atom. The number of aliphatic imine (C=N–C) groups is 2. The minimum atomic E-state index is 0.583. The van der Waals surface area contributed by atoms with Crippen molar-refractivity contribution in [3.8, 4) is 78.4 Å². The fraction of sp³-hybridized carbons (Fsp3) is 0.0179. The highest BCUT2D eigenvalue weighted by atomic mass is 14.9. The van der Waals surface area contributed by atoms with Crippen molar-refractivity contribution >= 4 is 18.1 Å². The predicted octanol–water partition coefficient (Wildman–Crippen LogP) is 14.0. The Balaban J connectivity index is 1.11. The first-order chi connectivity index (χ1) is 30.1. The van der Waals surface area contributed by atoms with E-state index >= 15 is 0 Å². The molecule has 0 radical (unpaired) electrons. The molecule has 61 heavy (non-hydrogen) atoms. The van der Waals surface area contributed by atoms with Gasteiger partial charge in [0.05, 0.1) is 11.4 Å². The van der Waals surface area contributed by atoms with Crippen LogP contribution >= 0.6 is 0 Å².